The van der Waals surface area contributed by atoms with E-state index in [1.165, 1.54) is 0 Å². The summed E-state index contributed by atoms with van der Waals surface area (Å²) in [5.74, 6) is 0.0735. The number of likely N-dealkylation sites (N-methyl/N-ethyl adjacent to an activating group) is 1. The number of hydrogen-bond donors (Lipinski definition) is 5. The number of hydrogen-bond acceptors (Lipinski definition) is 20. The Morgan fingerprint density at radius 1 is 1.10 bits per heavy atom. The summed E-state index contributed by atoms with van der Waals surface area (Å²) in [5.41, 5.74) is 6.15. The monoisotopic (exact) mass is 734 g/mol. The van der Waals surface area contributed by atoms with Gasteiger partial charge in [-0.25, -0.2) is 13.6 Å². The van der Waals surface area contributed by atoms with Gasteiger partial charge in [0.05, 0.1) is 26.0 Å². The Balaban J connectivity index is 0.00000484. The summed E-state index contributed by atoms with van der Waals surface area (Å²) >= 11 is 0. The first-order valence-corrected chi connectivity index (χ1v) is 16.2. The molecule has 2 saturated heterocycles. The molecule has 0 aromatic carbocycles. The van der Waals surface area contributed by atoms with Crippen LogP contribution in [0.25, 0.3) is 0 Å². The van der Waals surface area contributed by atoms with Gasteiger partial charge in [-0.2, -0.15) is 0 Å². The molecule has 235 valence electrons. The zero-order valence-electron chi connectivity index (χ0n) is 22.0. The number of phosphoric ester groups is 2. The molecule has 3 radical (unpaired) electrons. The summed E-state index contributed by atoms with van der Waals surface area (Å²) in [6.45, 7) is 0.237. The number of rotatable bonds is 11. The third-order valence-electron chi connectivity index (χ3n) is 6.24. The van der Waals surface area contributed by atoms with E-state index in [0.717, 1.165) is 0 Å². The van der Waals surface area contributed by atoms with Gasteiger partial charge in [0.25, 0.3) is 23.5 Å². The summed E-state index contributed by atoms with van der Waals surface area (Å²) in [4.78, 5) is 43.2. The maximum absolute atomic E-state index is 12.1. The van der Waals surface area contributed by atoms with Crippen molar-refractivity contribution in [2.24, 2.45) is 16.6 Å². The normalized spacial score (nSPS) is 37.3. The maximum atomic E-state index is 12.1. The minimum atomic E-state index is -6.13. The number of guanidine groups is 1. The van der Waals surface area contributed by atoms with E-state index in [0.29, 0.717) is 11.5 Å². The molecule has 2 fully saturated rings. The van der Waals surface area contributed by atoms with Gasteiger partial charge in [0, 0.05) is 45.8 Å². The van der Waals surface area contributed by atoms with Gasteiger partial charge < -0.3 is 69.4 Å². The SMILES string of the molecule is [B][C@@H]1O[C@H](COP(=O)([O-])OP(=O)([O-])OP(=O)([O-])OC[C@@H]2[CH-][C@H](C)[C@H](N3CN(C)C4=C3NC(N)=NC4O)O2)C(O)C1O.[Y]. The van der Waals surface area contributed by atoms with Gasteiger partial charge in [-0.3, -0.25) is 20.1 Å². The predicted octanol–water partition coefficient (Wildman–Crippen LogP) is -4.75. The second-order valence-electron chi connectivity index (χ2n) is 9.39. The maximum Gasteiger partial charge on any atom is 0.280 e. The van der Waals surface area contributed by atoms with E-state index in [-0.39, 0.29) is 51.3 Å². The molecule has 4 aliphatic heterocycles. The first kappa shape index (κ1) is 36.5. The summed E-state index contributed by atoms with van der Waals surface area (Å²) in [7, 11) is -10.6. The molecule has 0 spiro atoms. The zero-order chi connectivity index (χ0) is 30.5. The number of aliphatic hydroxyl groups is 3. The molecule has 4 heterocycles. The third-order valence-corrected chi connectivity index (χ3v) is 10.4. The number of aliphatic imine (C=N–C) groups is 1. The van der Waals surface area contributed by atoms with Crippen molar-refractivity contribution in [3.05, 3.63) is 17.9 Å². The van der Waals surface area contributed by atoms with Crippen molar-refractivity contribution < 1.29 is 104 Å². The Morgan fingerprint density at radius 2 is 1.69 bits per heavy atom. The van der Waals surface area contributed by atoms with Crippen LogP contribution in [0.1, 0.15) is 6.92 Å². The first-order valence-electron chi connectivity index (χ1n) is 11.8. The van der Waals surface area contributed by atoms with Gasteiger partial charge in [0.15, 0.2) is 12.2 Å². The Hall–Kier alpha value is -0.0112. The van der Waals surface area contributed by atoms with E-state index in [1.807, 2.05) is 0 Å². The van der Waals surface area contributed by atoms with Crippen LogP contribution in [-0.2, 0) is 73.5 Å². The van der Waals surface area contributed by atoms with E-state index >= 15 is 0 Å². The number of ether oxygens (including phenoxy) is 2. The molecule has 0 saturated carbocycles. The molecule has 11 atom stereocenters. The first-order chi connectivity index (χ1) is 18.9. The number of nitrogens with two attached hydrogens (primary N) is 1. The van der Waals surface area contributed by atoms with Gasteiger partial charge in [-0.05, 0) is 6.10 Å². The fourth-order valence-electron chi connectivity index (χ4n) is 4.50. The molecular weight excluding hydrogens is 707 g/mol. The molecule has 0 amide bonds. The minimum Gasteiger partial charge on any atom is -0.756 e. The van der Waals surface area contributed by atoms with Crippen molar-refractivity contribution in [3.63, 3.8) is 0 Å². The van der Waals surface area contributed by atoms with Crippen LogP contribution in [0.3, 0.4) is 0 Å². The smallest absolute Gasteiger partial charge is 0.280 e. The molecule has 6 unspecified atom stereocenters. The van der Waals surface area contributed by atoms with E-state index in [4.69, 9.17) is 23.1 Å². The van der Waals surface area contributed by atoms with Crippen LogP contribution in [0.4, 0.5) is 0 Å². The van der Waals surface area contributed by atoms with Crippen molar-refractivity contribution in [1.29, 1.82) is 0 Å². The Morgan fingerprint density at radius 3 is 2.26 bits per heavy atom. The Kier molecular flexibility index (Phi) is 12.0. The van der Waals surface area contributed by atoms with Crippen molar-refractivity contribution in [3.8, 4) is 0 Å². The molecule has 4 aliphatic rings. The van der Waals surface area contributed by atoms with Crippen LogP contribution in [0, 0.1) is 12.3 Å². The van der Waals surface area contributed by atoms with Crippen molar-refractivity contribution in [2.45, 2.75) is 49.8 Å². The quantitative estimate of drug-likeness (QED) is 0.0756. The van der Waals surface area contributed by atoms with E-state index < -0.39 is 79.6 Å². The largest absolute Gasteiger partial charge is 0.756 e. The average molecular weight is 734 g/mol. The molecule has 4 rings (SSSR count). The van der Waals surface area contributed by atoms with Crippen LogP contribution in [0.15, 0.2) is 16.5 Å². The molecule has 20 nitrogen and oxygen atoms in total. The van der Waals surface area contributed by atoms with E-state index in [1.54, 1.807) is 30.2 Å². The average Bonchev–Trinajstić information content (AvgIpc) is 3.44. The summed E-state index contributed by atoms with van der Waals surface area (Å²) < 4.78 is 63.1. The number of nitrogens with zero attached hydrogens (tertiary/aromatic N) is 3. The molecule has 25 heteroatoms. The van der Waals surface area contributed by atoms with Gasteiger partial charge >= 0.3 is 0 Å². The second kappa shape index (κ2) is 13.8. The van der Waals surface area contributed by atoms with Crippen molar-refractivity contribution in [1.82, 2.24) is 15.1 Å². The standard InChI is InChI=1S/C17H30BN5O15P3.Y/c1-7-3-8(35-16(7)23-6-22(2)10-14(23)20-17(19)21-15(10)26)4-33-39(27,28)37-41(31,32)38-40(29,30)34-5-9-11(24)12(25)13(18)36-9;/h3,7-9,11-13,15-16,24-26H,4-6H2,1-2H3,(H,27,28)(H,29,30)(H,31,32)(H3,19,20,21);/q-1;/p-3/t7-,8-,9+,11?,12?,13+,15?,16+;/m0./s1. The predicted molar refractivity (Wildman–Crippen MR) is 128 cm³/mol. The number of phosphoric acid groups is 3. The summed E-state index contributed by atoms with van der Waals surface area (Å²) in [6.07, 6.45) is -6.00. The molecule has 42 heavy (non-hydrogen) atoms. The molecule has 6 N–H and O–H groups in total. The molecular formula is C17H27BN5O15P3Y-4. The van der Waals surface area contributed by atoms with Crippen LogP contribution in [-0.4, -0.2) is 109 Å². The van der Waals surface area contributed by atoms with Crippen LogP contribution < -0.4 is 25.7 Å². The van der Waals surface area contributed by atoms with Gasteiger partial charge in [0.2, 0.25) is 0 Å². The zero-order valence-corrected chi connectivity index (χ0v) is 27.5. The van der Waals surface area contributed by atoms with E-state index in [2.05, 4.69) is 28.0 Å². The molecule has 0 aromatic heterocycles. The fourth-order valence-corrected chi connectivity index (χ4v) is 7.88. The van der Waals surface area contributed by atoms with Crippen molar-refractivity contribution in [2.75, 3.05) is 26.9 Å². The summed E-state index contributed by atoms with van der Waals surface area (Å²) in [5, 5.41) is 32.3. The van der Waals surface area contributed by atoms with E-state index in [9.17, 15) is 43.7 Å². The van der Waals surface area contributed by atoms with Crippen molar-refractivity contribution >= 4 is 37.3 Å². The second-order valence-corrected chi connectivity index (χ2v) is 13.9. The molecule has 0 aromatic rings. The fraction of sp³-hybridized carbons (Fsp3) is 0.765. The topological polar surface area (TPSA) is 293 Å². The Labute approximate surface area is 266 Å². The van der Waals surface area contributed by atoms with Crippen LogP contribution in [0.2, 0.25) is 0 Å². The number of aliphatic hydroxyl groups excluding tert-OH is 3. The molecule has 0 bridgehead atoms. The van der Waals surface area contributed by atoms with Gasteiger partial charge in [-0.15, -0.1) is 5.92 Å². The third kappa shape index (κ3) is 8.62. The van der Waals surface area contributed by atoms with Gasteiger partial charge in [-0.1, -0.05) is 6.92 Å². The van der Waals surface area contributed by atoms with Crippen LogP contribution >= 0.6 is 23.5 Å². The van der Waals surface area contributed by atoms with Crippen LogP contribution in [0.5, 0.6) is 0 Å². The number of nitrogens with one attached hydrogen (secondary N) is 1. The minimum absolute atomic E-state index is 0. The molecule has 0 aliphatic carbocycles. The Bertz CT molecular complexity index is 1220. The van der Waals surface area contributed by atoms with Gasteiger partial charge in [0.1, 0.15) is 37.8 Å². The summed E-state index contributed by atoms with van der Waals surface area (Å²) in [6, 6.07) is -1.36.